The molecular formula is C40H29F7IrN2OSi-2. The average Bonchev–Trinajstić information content (AvgIpc) is 3.57. The van der Waals surface area contributed by atoms with Gasteiger partial charge in [0.25, 0.3) is 0 Å². The first-order valence-corrected chi connectivity index (χ1v) is 16.9. The summed E-state index contributed by atoms with van der Waals surface area (Å²) in [5.74, 6) is -10.6. The van der Waals surface area contributed by atoms with Gasteiger partial charge in [-0.3, -0.25) is 4.39 Å². The smallest absolute Gasteiger partial charge is 0.387 e. The van der Waals surface area contributed by atoms with E-state index in [0.717, 1.165) is 11.8 Å². The van der Waals surface area contributed by atoms with E-state index in [9.17, 15) is 30.7 Å². The molecule has 0 aliphatic heterocycles. The molecule has 4 aromatic carbocycles. The van der Waals surface area contributed by atoms with Gasteiger partial charge in [-0.1, -0.05) is 89.3 Å². The van der Waals surface area contributed by atoms with E-state index in [0.29, 0.717) is 45.3 Å². The fourth-order valence-electron chi connectivity index (χ4n) is 5.32. The van der Waals surface area contributed by atoms with Crippen molar-refractivity contribution in [3.05, 3.63) is 139 Å². The number of alkyl halides is 6. The summed E-state index contributed by atoms with van der Waals surface area (Å²) >= 11 is 0. The van der Waals surface area contributed by atoms with Crippen LogP contribution in [0.1, 0.15) is 19.3 Å². The van der Waals surface area contributed by atoms with E-state index < -0.39 is 50.9 Å². The summed E-state index contributed by atoms with van der Waals surface area (Å²) in [4.78, 5) is 8.07. The number of rotatable bonds is 6. The Kier molecular flexibility index (Phi) is 8.07. The van der Waals surface area contributed by atoms with Crippen molar-refractivity contribution < 1.29 is 69.0 Å². The van der Waals surface area contributed by atoms with Gasteiger partial charge in [0.05, 0.1) is 5.58 Å². The molecule has 1 radical (unpaired) electrons. The topological polar surface area (TPSA) is 38.9 Å². The van der Waals surface area contributed by atoms with Gasteiger partial charge in [-0.2, -0.15) is 26.3 Å². The zero-order valence-corrected chi connectivity index (χ0v) is 29.6. The van der Waals surface area contributed by atoms with Crippen molar-refractivity contribution in [1.29, 1.82) is 0 Å². The number of benzene rings is 4. The molecule has 3 aromatic heterocycles. The van der Waals surface area contributed by atoms with E-state index in [1.165, 1.54) is 30.5 Å². The van der Waals surface area contributed by atoms with Gasteiger partial charge in [-0.05, 0) is 35.4 Å². The van der Waals surface area contributed by atoms with E-state index in [4.69, 9.17) is 18.1 Å². The fourth-order valence-corrected chi connectivity index (χ4v) is 7.20. The zero-order chi connectivity index (χ0) is 45.0. The number of nitrogens with zero attached hydrogens (tertiary/aromatic N) is 2. The van der Waals surface area contributed by atoms with Gasteiger partial charge < -0.3 is 14.4 Å². The van der Waals surface area contributed by atoms with Gasteiger partial charge in [0.15, 0.2) is 0 Å². The molecule has 7 rings (SSSR count). The number of fused-ring (bicyclic) bond motifs is 3. The normalized spacial score (nSPS) is 15.8. The maximum absolute atomic E-state index is 14.2. The molecule has 0 unspecified atom stereocenters. The largest absolute Gasteiger partial charge is 0.500 e. The average molecular weight is 917 g/mol. The maximum Gasteiger partial charge on any atom is 0.387 e. The van der Waals surface area contributed by atoms with Crippen LogP contribution in [0.2, 0.25) is 18.5 Å². The van der Waals surface area contributed by atoms with Crippen LogP contribution >= 0.6 is 0 Å². The van der Waals surface area contributed by atoms with Gasteiger partial charge in [-0.15, -0.1) is 48.0 Å². The molecule has 0 aliphatic carbocycles. The second-order valence-electron chi connectivity index (χ2n) is 11.0. The van der Waals surface area contributed by atoms with E-state index in [2.05, 4.69) is 22.1 Å². The maximum atomic E-state index is 14.2. The molecule has 0 amide bonds. The van der Waals surface area contributed by atoms with Crippen LogP contribution in [0, 0.1) is 24.8 Å². The Morgan fingerprint density at radius 3 is 2.17 bits per heavy atom. The summed E-state index contributed by atoms with van der Waals surface area (Å²) in [6.45, 7) is -6.54. The number of furan rings is 1. The first-order chi connectivity index (χ1) is 28.2. The molecule has 269 valence electrons. The molecule has 0 atom stereocenters. The number of hydrogen-bond donors (Lipinski definition) is 0. The molecule has 52 heavy (non-hydrogen) atoms. The third kappa shape index (κ3) is 9.04. The summed E-state index contributed by atoms with van der Waals surface area (Å²) in [6.07, 6.45) is -10.3. The molecule has 12 heteroatoms. The number of aromatic nitrogens is 2. The van der Waals surface area contributed by atoms with Crippen molar-refractivity contribution in [2.75, 3.05) is 0 Å². The number of pyridine rings is 2. The first-order valence-electron chi connectivity index (χ1n) is 19.9. The molecule has 0 N–H and O–H groups in total. The Morgan fingerprint density at radius 1 is 0.788 bits per heavy atom. The second kappa shape index (κ2) is 15.5. The Balaban J connectivity index is 0.000000337. The van der Waals surface area contributed by atoms with E-state index in [1.807, 2.05) is 30.3 Å². The van der Waals surface area contributed by atoms with Crippen molar-refractivity contribution in [1.82, 2.24) is 9.97 Å². The standard InChI is InChI=1S/C28H20F6NOSi.C12H9FN.Ir/c1-37(16-27(29,30)31,17-28(32,33)34)19-13-14-35-24(15-19)23-12-6-11-22-21-10-5-9-20(25(21)36-26(22)23)18-7-3-2-4-8-18;1-9-2-7-12(14-8-9)10-3-5-11(13)6-4-10;/h2-11,13-15H,16-17H2,1H3;2-3,5-8H,1H3;/q2*-1;/i1D3,16D2,17D2;1D3;. The van der Waals surface area contributed by atoms with Crippen LogP contribution in [0.3, 0.4) is 0 Å². The van der Waals surface area contributed by atoms with Crippen LogP contribution in [0.5, 0.6) is 0 Å². The summed E-state index contributed by atoms with van der Waals surface area (Å²) in [6, 6.07) is 31.2. The number of hydrogen-bond acceptors (Lipinski definition) is 3. The third-order valence-electron chi connectivity index (χ3n) is 7.47. The molecule has 0 aliphatic rings. The van der Waals surface area contributed by atoms with Crippen LogP contribution in [0.15, 0.2) is 120 Å². The van der Waals surface area contributed by atoms with Crippen molar-refractivity contribution >= 4 is 35.2 Å². The minimum atomic E-state index is -7.08. The van der Waals surface area contributed by atoms with Gasteiger partial charge in [0.2, 0.25) is 0 Å². The van der Waals surface area contributed by atoms with Gasteiger partial charge in [-0.25, -0.2) is 0 Å². The summed E-state index contributed by atoms with van der Waals surface area (Å²) in [5.41, 5.74) is 2.88. The predicted octanol–water partition coefficient (Wildman–Crippen LogP) is 11.5. The van der Waals surface area contributed by atoms with Crippen LogP contribution in [-0.4, -0.2) is 30.4 Å². The Hall–Kier alpha value is -4.64. The number of aryl methyl sites for hydroxylation is 1. The van der Waals surface area contributed by atoms with Gasteiger partial charge >= 0.3 is 12.4 Å². The minimum Gasteiger partial charge on any atom is -0.500 e. The molecule has 3 nitrogen and oxygen atoms in total. The first kappa shape index (κ1) is 27.0. The molecular weight excluding hydrogens is 878 g/mol. The molecule has 0 fully saturated rings. The monoisotopic (exact) mass is 917 g/mol. The van der Waals surface area contributed by atoms with Crippen molar-refractivity contribution in [2.24, 2.45) is 0 Å². The molecule has 0 spiro atoms. The van der Waals surface area contributed by atoms with Crippen LogP contribution in [0.4, 0.5) is 30.7 Å². The molecule has 0 saturated carbocycles. The van der Waals surface area contributed by atoms with Crippen molar-refractivity contribution in [3.8, 4) is 33.6 Å². The molecule has 0 saturated heterocycles. The molecule has 3 heterocycles. The Labute approximate surface area is 324 Å². The summed E-state index contributed by atoms with van der Waals surface area (Å²) in [7, 11) is -7.08. The minimum absolute atomic E-state index is 0. The number of para-hydroxylation sites is 1. The van der Waals surface area contributed by atoms with Gasteiger partial charge in [0.1, 0.15) is 13.7 Å². The van der Waals surface area contributed by atoms with Crippen molar-refractivity contribution in [3.63, 3.8) is 0 Å². The second-order valence-corrected chi connectivity index (χ2v) is 13.6. The predicted molar refractivity (Wildman–Crippen MR) is 187 cm³/mol. The van der Waals surface area contributed by atoms with Gasteiger partial charge in [0, 0.05) is 75.0 Å². The van der Waals surface area contributed by atoms with Crippen LogP contribution in [-0.2, 0) is 20.1 Å². The fraction of sp³-hybridized carbons (Fsp3) is 0.150. The Morgan fingerprint density at radius 2 is 1.54 bits per heavy atom. The van der Waals surface area contributed by atoms with E-state index in [1.54, 1.807) is 36.4 Å². The van der Waals surface area contributed by atoms with E-state index >= 15 is 0 Å². The SMILES string of the molecule is [2H]C([2H])([2H])[Si](c1ccnc(-c2[c-]ccc3c2oc2c(-c4ccccc4)cccc23)c1)(C([2H])([2H])C(F)(F)F)C([2H])([2H])C(F)(F)F.[2H]C([2H])([2H])c1ccc(-c2[c-]cc(F)cc2)nc1.[Ir]. The molecule has 0 bridgehead atoms. The van der Waals surface area contributed by atoms with Crippen LogP contribution in [0.25, 0.3) is 55.6 Å². The number of halogens is 7. The van der Waals surface area contributed by atoms with E-state index in [-0.39, 0.29) is 48.3 Å². The Bertz CT molecular complexity index is 2650. The quantitative estimate of drug-likeness (QED) is 0.0948. The van der Waals surface area contributed by atoms with Crippen LogP contribution < -0.4 is 5.19 Å². The van der Waals surface area contributed by atoms with Crippen molar-refractivity contribution in [2.45, 2.75) is 37.7 Å². The summed E-state index contributed by atoms with van der Waals surface area (Å²) < 4.78 is 181. The molecule has 7 aromatic rings. The third-order valence-corrected chi connectivity index (χ3v) is 9.96. The zero-order valence-electron chi connectivity index (χ0n) is 36.3. The summed E-state index contributed by atoms with van der Waals surface area (Å²) in [5, 5.41) is -0.200.